The topological polar surface area (TPSA) is 41.5 Å². The first-order valence-electron chi connectivity index (χ1n) is 6.02. The number of hydrogen-bond donors (Lipinski definition) is 2. The van der Waals surface area contributed by atoms with Crippen molar-refractivity contribution >= 4 is 0 Å². The van der Waals surface area contributed by atoms with Crippen molar-refractivity contribution in [1.29, 1.82) is 0 Å². The van der Waals surface area contributed by atoms with Gasteiger partial charge in [0.2, 0.25) is 0 Å². The highest BCUT2D eigenvalue weighted by Crippen LogP contribution is 2.21. The third-order valence-corrected chi connectivity index (χ3v) is 3.34. The Balaban J connectivity index is 2.00. The maximum Gasteiger partial charge on any atom is 0.126 e. The molecule has 0 radical (unpaired) electrons. The molecule has 1 aliphatic heterocycles. The molecule has 1 aromatic rings. The first-order chi connectivity index (χ1) is 8.63. The maximum atomic E-state index is 13.0. The summed E-state index contributed by atoms with van der Waals surface area (Å²) in [6.07, 6.45) is 1.39. The molecule has 1 aromatic carbocycles. The summed E-state index contributed by atoms with van der Waals surface area (Å²) in [4.78, 5) is 0. The van der Waals surface area contributed by atoms with Crippen LogP contribution in [-0.4, -0.2) is 30.5 Å². The van der Waals surface area contributed by atoms with Crippen molar-refractivity contribution in [2.45, 2.75) is 24.9 Å². The lowest BCUT2D eigenvalue weighted by Crippen LogP contribution is -2.51. The Morgan fingerprint density at radius 2 is 1.78 bits per heavy atom. The van der Waals surface area contributed by atoms with E-state index >= 15 is 0 Å². The Bertz CT molecular complexity index is 386. The molecule has 2 N–H and O–H groups in total. The molecule has 1 heterocycles. The molecule has 1 saturated heterocycles. The minimum absolute atomic E-state index is 0.00580. The highest BCUT2D eigenvalue weighted by molar-refractivity contribution is 5.18. The maximum absolute atomic E-state index is 13.0. The zero-order valence-electron chi connectivity index (χ0n) is 10.1. The summed E-state index contributed by atoms with van der Waals surface area (Å²) in [5.41, 5.74) is 0.132. The number of rotatable bonds is 4. The molecule has 2 rings (SSSR count). The number of aliphatic hydroxyl groups is 1. The highest BCUT2D eigenvalue weighted by atomic mass is 19.1. The van der Waals surface area contributed by atoms with E-state index in [4.69, 9.17) is 4.74 Å². The summed E-state index contributed by atoms with van der Waals surface area (Å²) < 4.78 is 31.3. The van der Waals surface area contributed by atoms with Crippen LogP contribution in [0.15, 0.2) is 18.2 Å². The molecule has 0 saturated carbocycles. The Labute approximate surface area is 105 Å². The largest absolute Gasteiger partial charge is 0.394 e. The standard InChI is InChI=1S/C13H17F2NO2/c14-11-5-10(6-12(15)7-11)8-16-13(9-17)1-3-18-4-2-13/h5-7,16-17H,1-4,8-9H2. The van der Waals surface area contributed by atoms with E-state index in [2.05, 4.69) is 5.32 Å². The first kappa shape index (κ1) is 13.4. The lowest BCUT2D eigenvalue weighted by Gasteiger charge is -2.36. The van der Waals surface area contributed by atoms with Gasteiger partial charge in [-0.15, -0.1) is 0 Å². The van der Waals surface area contributed by atoms with Crippen molar-refractivity contribution in [2.75, 3.05) is 19.8 Å². The Hall–Kier alpha value is -1.04. The first-order valence-corrected chi connectivity index (χ1v) is 6.02. The molecule has 100 valence electrons. The average Bonchev–Trinajstić information content (AvgIpc) is 2.36. The van der Waals surface area contributed by atoms with Gasteiger partial charge in [0.25, 0.3) is 0 Å². The minimum atomic E-state index is -0.586. The van der Waals surface area contributed by atoms with Crippen LogP contribution in [0.2, 0.25) is 0 Å². The Morgan fingerprint density at radius 3 is 2.33 bits per heavy atom. The van der Waals surface area contributed by atoms with Crippen LogP contribution in [0.3, 0.4) is 0 Å². The van der Waals surface area contributed by atoms with E-state index < -0.39 is 17.2 Å². The van der Waals surface area contributed by atoms with E-state index in [-0.39, 0.29) is 6.61 Å². The molecule has 0 bridgehead atoms. The summed E-state index contributed by atoms with van der Waals surface area (Å²) in [5.74, 6) is -1.17. The smallest absolute Gasteiger partial charge is 0.126 e. The summed E-state index contributed by atoms with van der Waals surface area (Å²) in [5, 5.41) is 12.7. The van der Waals surface area contributed by atoms with Crippen molar-refractivity contribution in [2.24, 2.45) is 0 Å². The molecule has 0 spiro atoms. The van der Waals surface area contributed by atoms with Crippen LogP contribution in [0.1, 0.15) is 18.4 Å². The van der Waals surface area contributed by atoms with Crippen LogP contribution in [0.25, 0.3) is 0 Å². The predicted octanol–water partition coefficient (Wildman–Crippen LogP) is 1.60. The Kier molecular flexibility index (Phi) is 4.27. The fourth-order valence-electron chi connectivity index (χ4n) is 2.16. The molecule has 3 nitrogen and oxygen atoms in total. The third-order valence-electron chi connectivity index (χ3n) is 3.34. The minimum Gasteiger partial charge on any atom is -0.394 e. The summed E-state index contributed by atoms with van der Waals surface area (Å²) in [7, 11) is 0. The van der Waals surface area contributed by atoms with E-state index in [1.807, 2.05) is 0 Å². The van der Waals surface area contributed by atoms with Crippen LogP contribution in [0.5, 0.6) is 0 Å². The molecule has 0 amide bonds. The SMILES string of the molecule is OCC1(NCc2cc(F)cc(F)c2)CCOCC1. The number of ether oxygens (including phenoxy) is 1. The van der Waals surface area contributed by atoms with Crippen molar-refractivity contribution in [3.05, 3.63) is 35.4 Å². The van der Waals surface area contributed by atoms with Gasteiger partial charge in [-0.25, -0.2) is 8.78 Å². The molecule has 0 aromatic heterocycles. The van der Waals surface area contributed by atoms with E-state index in [0.29, 0.717) is 38.2 Å². The second-order valence-electron chi connectivity index (χ2n) is 4.68. The normalized spacial score (nSPS) is 18.8. The summed E-state index contributed by atoms with van der Waals surface area (Å²) >= 11 is 0. The average molecular weight is 257 g/mol. The van der Waals surface area contributed by atoms with Gasteiger partial charge in [-0.05, 0) is 30.5 Å². The zero-order valence-corrected chi connectivity index (χ0v) is 10.1. The van der Waals surface area contributed by atoms with Crippen LogP contribution in [-0.2, 0) is 11.3 Å². The molecule has 1 fully saturated rings. The Morgan fingerprint density at radius 1 is 1.17 bits per heavy atom. The quantitative estimate of drug-likeness (QED) is 0.860. The second-order valence-corrected chi connectivity index (χ2v) is 4.68. The van der Waals surface area contributed by atoms with Gasteiger partial charge in [-0.1, -0.05) is 0 Å². The fraction of sp³-hybridized carbons (Fsp3) is 0.538. The molecule has 0 unspecified atom stereocenters. The van der Waals surface area contributed by atoms with Crippen LogP contribution < -0.4 is 5.32 Å². The van der Waals surface area contributed by atoms with E-state index in [1.54, 1.807) is 0 Å². The fourth-order valence-corrected chi connectivity index (χ4v) is 2.16. The van der Waals surface area contributed by atoms with Gasteiger partial charge in [0.15, 0.2) is 0 Å². The molecule has 18 heavy (non-hydrogen) atoms. The van der Waals surface area contributed by atoms with Gasteiger partial charge in [-0.3, -0.25) is 0 Å². The summed E-state index contributed by atoms with van der Waals surface area (Å²) in [6, 6.07) is 3.43. The van der Waals surface area contributed by atoms with Crippen LogP contribution in [0.4, 0.5) is 8.78 Å². The summed E-state index contributed by atoms with van der Waals surface area (Å²) in [6.45, 7) is 1.50. The van der Waals surface area contributed by atoms with Gasteiger partial charge in [0.1, 0.15) is 11.6 Å². The number of aliphatic hydroxyl groups excluding tert-OH is 1. The molecular formula is C13H17F2NO2. The number of benzene rings is 1. The third kappa shape index (κ3) is 3.25. The van der Waals surface area contributed by atoms with Gasteiger partial charge in [0.05, 0.1) is 6.61 Å². The van der Waals surface area contributed by atoms with Crippen molar-refractivity contribution in [3.63, 3.8) is 0 Å². The zero-order chi connectivity index (χ0) is 13.0. The van der Waals surface area contributed by atoms with Crippen molar-refractivity contribution in [3.8, 4) is 0 Å². The van der Waals surface area contributed by atoms with Gasteiger partial charge >= 0.3 is 0 Å². The van der Waals surface area contributed by atoms with Crippen LogP contribution in [0, 0.1) is 11.6 Å². The lowest BCUT2D eigenvalue weighted by molar-refractivity contribution is 0.0111. The number of nitrogens with one attached hydrogen (secondary N) is 1. The molecule has 0 atom stereocenters. The van der Waals surface area contributed by atoms with Gasteiger partial charge in [0, 0.05) is 31.4 Å². The van der Waals surface area contributed by atoms with E-state index in [1.165, 1.54) is 12.1 Å². The monoisotopic (exact) mass is 257 g/mol. The van der Waals surface area contributed by atoms with Gasteiger partial charge < -0.3 is 15.2 Å². The van der Waals surface area contributed by atoms with E-state index in [0.717, 1.165) is 6.07 Å². The molecule has 0 aliphatic carbocycles. The predicted molar refractivity (Wildman–Crippen MR) is 63.1 cm³/mol. The molecular weight excluding hydrogens is 240 g/mol. The highest BCUT2D eigenvalue weighted by Gasteiger charge is 2.31. The van der Waals surface area contributed by atoms with E-state index in [9.17, 15) is 13.9 Å². The second kappa shape index (κ2) is 5.73. The number of hydrogen-bond acceptors (Lipinski definition) is 3. The van der Waals surface area contributed by atoms with Crippen molar-refractivity contribution < 1.29 is 18.6 Å². The molecule has 1 aliphatic rings. The van der Waals surface area contributed by atoms with Crippen molar-refractivity contribution in [1.82, 2.24) is 5.32 Å². The molecule has 5 heteroatoms. The van der Waals surface area contributed by atoms with Gasteiger partial charge in [-0.2, -0.15) is 0 Å². The lowest BCUT2D eigenvalue weighted by atomic mass is 9.90. The van der Waals surface area contributed by atoms with Crippen LogP contribution >= 0.6 is 0 Å². The number of halogens is 2.